The molecule has 0 bridgehead atoms. The fourth-order valence-corrected chi connectivity index (χ4v) is 1.73. The number of rotatable bonds is 3. The minimum atomic E-state index is -0.403. The molecule has 1 aliphatic heterocycles. The molecule has 1 saturated heterocycles. The lowest BCUT2D eigenvalue weighted by molar-refractivity contribution is -0.132. The van der Waals surface area contributed by atoms with Gasteiger partial charge in [-0.2, -0.15) is 0 Å². The van der Waals surface area contributed by atoms with E-state index in [0.29, 0.717) is 13.0 Å². The molecule has 0 unspecified atom stereocenters. The zero-order valence-electron chi connectivity index (χ0n) is 9.08. The Bertz CT molecular complexity index is 223. The smallest absolute Gasteiger partial charge is 0.222 e. The van der Waals surface area contributed by atoms with Crippen LogP contribution in [0, 0.1) is 5.41 Å². The molecule has 1 fully saturated rings. The molecule has 1 amide bonds. The Morgan fingerprint density at radius 1 is 1.36 bits per heavy atom. The van der Waals surface area contributed by atoms with Gasteiger partial charge >= 0.3 is 0 Å². The molecule has 3 heteroatoms. The number of nitrogens with zero attached hydrogens (tertiary/aromatic N) is 1. The van der Waals surface area contributed by atoms with Crippen molar-refractivity contribution in [3.8, 4) is 0 Å². The summed E-state index contributed by atoms with van der Waals surface area (Å²) in [6, 6.07) is 0. The van der Waals surface area contributed by atoms with Crippen molar-refractivity contribution >= 4 is 12.2 Å². The first kappa shape index (κ1) is 11.2. The minimum Gasteiger partial charge on any atom is -0.342 e. The van der Waals surface area contributed by atoms with Gasteiger partial charge in [0.15, 0.2) is 0 Å². The Labute approximate surface area is 85.5 Å². The third-order valence-corrected chi connectivity index (χ3v) is 2.59. The summed E-state index contributed by atoms with van der Waals surface area (Å²) < 4.78 is 0. The summed E-state index contributed by atoms with van der Waals surface area (Å²) in [5.41, 5.74) is -0.403. The van der Waals surface area contributed by atoms with Gasteiger partial charge in [-0.05, 0) is 12.8 Å². The van der Waals surface area contributed by atoms with Gasteiger partial charge in [0.05, 0.1) is 0 Å². The van der Waals surface area contributed by atoms with Crippen molar-refractivity contribution in [2.75, 3.05) is 13.1 Å². The highest BCUT2D eigenvalue weighted by Crippen LogP contribution is 2.18. The standard InChI is InChI=1S/C11H19NO2/c1-11(2,9-13)8-12-7-5-3-4-6-10(12)14/h9H,3-8H2,1-2H3. The number of likely N-dealkylation sites (tertiary alicyclic amines) is 1. The van der Waals surface area contributed by atoms with Crippen molar-refractivity contribution in [3.05, 3.63) is 0 Å². The molecule has 0 aromatic carbocycles. The first-order valence-electron chi connectivity index (χ1n) is 5.29. The minimum absolute atomic E-state index is 0.206. The number of amides is 1. The lowest BCUT2D eigenvalue weighted by Crippen LogP contribution is -2.39. The molecule has 80 valence electrons. The van der Waals surface area contributed by atoms with E-state index in [4.69, 9.17) is 0 Å². The quantitative estimate of drug-likeness (QED) is 0.645. The van der Waals surface area contributed by atoms with Crippen molar-refractivity contribution in [2.24, 2.45) is 5.41 Å². The van der Waals surface area contributed by atoms with Crippen LogP contribution in [0.4, 0.5) is 0 Å². The predicted molar refractivity (Wildman–Crippen MR) is 54.9 cm³/mol. The van der Waals surface area contributed by atoms with E-state index >= 15 is 0 Å². The van der Waals surface area contributed by atoms with E-state index in [0.717, 1.165) is 32.1 Å². The average Bonchev–Trinajstić information content (AvgIpc) is 2.32. The van der Waals surface area contributed by atoms with E-state index in [1.54, 1.807) is 0 Å². The maximum absolute atomic E-state index is 11.6. The Balaban J connectivity index is 2.56. The van der Waals surface area contributed by atoms with Crippen molar-refractivity contribution in [1.82, 2.24) is 4.90 Å². The van der Waals surface area contributed by atoms with Crippen LogP contribution in [0.25, 0.3) is 0 Å². The summed E-state index contributed by atoms with van der Waals surface area (Å²) >= 11 is 0. The molecule has 1 rings (SSSR count). The summed E-state index contributed by atoms with van der Waals surface area (Å²) in [5, 5.41) is 0. The summed E-state index contributed by atoms with van der Waals surface area (Å²) in [5.74, 6) is 0.206. The van der Waals surface area contributed by atoms with Gasteiger partial charge in [0.25, 0.3) is 0 Å². The van der Waals surface area contributed by atoms with E-state index in [9.17, 15) is 9.59 Å². The number of carbonyl (C=O) groups is 2. The first-order valence-corrected chi connectivity index (χ1v) is 5.29. The van der Waals surface area contributed by atoms with E-state index in [1.165, 1.54) is 0 Å². The van der Waals surface area contributed by atoms with Gasteiger partial charge in [-0.3, -0.25) is 4.79 Å². The highest BCUT2D eigenvalue weighted by molar-refractivity contribution is 5.77. The summed E-state index contributed by atoms with van der Waals surface area (Å²) in [6.45, 7) is 5.13. The van der Waals surface area contributed by atoms with Crippen molar-refractivity contribution in [2.45, 2.75) is 39.5 Å². The maximum Gasteiger partial charge on any atom is 0.222 e. The van der Waals surface area contributed by atoms with Crippen LogP contribution in [-0.4, -0.2) is 30.2 Å². The van der Waals surface area contributed by atoms with Crippen LogP contribution >= 0.6 is 0 Å². The normalized spacial score (nSPS) is 19.3. The van der Waals surface area contributed by atoms with Gasteiger partial charge in [-0.25, -0.2) is 0 Å². The fourth-order valence-electron chi connectivity index (χ4n) is 1.73. The molecular formula is C11H19NO2. The molecule has 0 aliphatic carbocycles. The van der Waals surface area contributed by atoms with E-state index < -0.39 is 5.41 Å². The van der Waals surface area contributed by atoms with Gasteiger partial charge in [0, 0.05) is 24.9 Å². The third-order valence-electron chi connectivity index (χ3n) is 2.59. The molecule has 1 aliphatic rings. The fraction of sp³-hybridized carbons (Fsp3) is 0.818. The number of hydrogen-bond donors (Lipinski definition) is 0. The lowest BCUT2D eigenvalue weighted by Gasteiger charge is -2.27. The second-order valence-corrected chi connectivity index (χ2v) is 4.73. The summed E-state index contributed by atoms with van der Waals surface area (Å²) in [6.07, 6.45) is 4.78. The van der Waals surface area contributed by atoms with E-state index in [1.807, 2.05) is 18.7 Å². The molecule has 3 nitrogen and oxygen atoms in total. The highest BCUT2D eigenvalue weighted by Gasteiger charge is 2.25. The van der Waals surface area contributed by atoms with E-state index in [-0.39, 0.29) is 5.91 Å². The second-order valence-electron chi connectivity index (χ2n) is 4.73. The average molecular weight is 197 g/mol. The van der Waals surface area contributed by atoms with Crippen LogP contribution in [0.5, 0.6) is 0 Å². The SMILES string of the molecule is CC(C)(C=O)CN1CCCCCC1=O. The number of aldehydes is 1. The molecule has 0 spiro atoms. The van der Waals surface area contributed by atoms with Crippen LogP contribution in [0.15, 0.2) is 0 Å². The molecule has 1 heterocycles. The third kappa shape index (κ3) is 3.13. The monoisotopic (exact) mass is 197 g/mol. The van der Waals surface area contributed by atoms with Crippen molar-refractivity contribution < 1.29 is 9.59 Å². The zero-order chi connectivity index (χ0) is 10.6. The van der Waals surface area contributed by atoms with E-state index in [2.05, 4.69) is 0 Å². The molecule has 0 atom stereocenters. The second kappa shape index (κ2) is 4.58. The predicted octanol–water partition coefficient (Wildman–Crippen LogP) is 1.61. The Morgan fingerprint density at radius 3 is 2.71 bits per heavy atom. The number of hydrogen-bond acceptors (Lipinski definition) is 2. The van der Waals surface area contributed by atoms with Gasteiger partial charge < -0.3 is 9.69 Å². The Hall–Kier alpha value is -0.860. The van der Waals surface area contributed by atoms with Crippen LogP contribution in [0.1, 0.15) is 39.5 Å². The molecule has 0 aromatic rings. The maximum atomic E-state index is 11.6. The Kier molecular flexibility index (Phi) is 3.67. The molecular weight excluding hydrogens is 178 g/mol. The van der Waals surface area contributed by atoms with Crippen molar-refractivity contribution in [1.29, 1.82) is 0 Å². The van der Waals surface area contributed by atoms with Crippen LogP contribution in [-0.2, 0) is 9.59 Å². The van der Waals surface area contributed by atoms with Crippen LogP contribution in [0.3, 0.4) is 0 Å². The van der Waals surface area contributed by atoms with Gasteiger partial charge in [0.2, 0.25) is 5.91 Å². The Morgan fingerprint density at radius 2 is 2.07 bits per heavy atom. The molecule has 14 heavy (non-hydrogen) atoms. The lowest BCUT2D eigenvalue weighted by atomic mass is 9.95. The largest absolute Gasteiger partial charge is 0.342 e. The molecule has 0 N–H and O–H groups in total. The van der Waals surface area contributed by atoms with Gasteiger partial charge in [-0.15, -0.1) is 0 Å². The van der Waals surface area contributed by atoms with Crippen molar-refractivity contribution in [3.63, 3.8) is 0 Å². The molecule has 0 aromatic heterocycles. The van der Waals surface area contributed by atoms with Gasteiger partial charge in [0.1, 0.15) is 6.29 Å². The summed E-state index contributed by atoms with van der Waals surface area (Å²) in [4.78, 5) is 24.2. The molecule has 0 saturated carbocycles. The molecule has 0 radical (unpaired) electrons. The topological polar surface area (TPSA) is 37.4 Å². The van der Waals surface area contributed by atoms with Crippen LogP contribution < -0.4 is 0 Å². The van der Waals surface area contributed by atoms with Crippen LogP contribution in [0.2, 0.25) is 0 Å². The van der Waals surface area contributed by atoms with Gasteiger partial charge in [-0.1, -0.05) is 20.3 Å². The summed E-state index contributed by atoms with van der Waals surface area (Å²) in [7, 11) is 0. The number of carbonyl (C=O) groups excluding carboxylic acids is 2. The first-order chi connectivity index (χ1) is 6.55. The zero-order valence-corrected chi connectivity index (χ0v) is 9.08. The highest BCUT2D eigenvalue weighted by atomic mass is 16.2.